The summed E-state index contributed by atoms with van der Waals surface area (Å²) >= 11 is 2.68. The van der Waals surface area contributed by atoms with Crippen molar-refractivity contribution in [2.24, 2.45) is 0 Å². The van der Waals surface area contributed by atoms with E-state index < -0.39 is 5.91 Å². The van der Waals surface area contributed by atoms with E-state index in [4.69, 9.17) is 0 Å². The summed E-state index contributed by atoms with van der Waals surface area (Å²) in [7, 11) is 0. The molecule has 4 rings (SSSR count). The van der Waals surface area contributed by atoms with Crippen molar-refractivity contribution in [2.75, 3.05) is 16.4 Å². The molecular weight excluding hydrogens is 518 g/mol. The molecule has 0 aliphatic rings. The van der Waals surface area contributed by atoms with Gasteiger partial charge in [0.1, 0.15) is 10.7 Å². The number of nitrogens with one attached hydrogen (secondary N) is 3. The van der Waals surface area contributed by atoms with Crippen molar-refractivity contribution in [1.29, 1.82) is 0 Å². The molecule has 3 aromatic carbocycles. The van der Waals surface area contributed by atoms with Gasteiger partial charge in [-0.25, -0.2) is 0 Å². The molecule has 0 bridgehead atoms. The van der Waals surface area contributed by atoms with Gasteiger partial charge in [0.05, 0.1) is 5.75 Å². The highest BCUT2D eigenvalue weighted by molar-refractivity contribution is 8.00. The maximum atomic E-state index is 13.2. The first-order chi connectivity index (χ1) is 18.4. The lowest BCUT2D eigenvalue weighted by molar-refractivity contribution is -0.114. The van der Waals surface area contributed by atoms with Crippen LogP contribution in [0.3, 0.4) is 0 Å². The van der Waals surface area contributed by atoms with E-state index in [1.54, 1.807) is 42.5 Å². The topological polar surface area (TPSA) is 113 Å². The van der Waals surface area contributed by atoms with Gasteiger partial charge >= 0.3 is 0 Å². The van der Waals surface area contributed by atoms with E-state index in [0.29, 0.717) is 16.4 Å². The van der Waals surface area contributed by atoms with E-state index >= 15 is 0 Å². The molecule has 10 heteroatoms. The molecule has 0 fully saturated rings. The van der Waals surface area contributed by atoms with E-state index in [-0.39, 0.29) is 23.3 Å². The van der Waals surface area contributed by atoms with Crippen LogP contribution in [0, 0.1) is 13.8 Å². The van der Waals surface area contributed by atoms with Crippen LogP contribution in [-0.2, 0) is 9.59 Å². The summed E-state index contributed by atoms with van der Waals surface area (Å²) < 4.78 is 0. The third kappa shape index (κ3) is 7.86. The molecule has 38 heavy (non-hydrogen) atoms. The standard InChI is InChI=1S/C28H25N5O3S2/c1-18-8-10-20(11-9-18)16-24(30-26(35)21-6-4-3-5-7-21)27(36)29-22-12-14-23(15-13-22)37-17-25(34)31-28-33-32-19(2)38-28/h3-16H,17H2,1-2H3,(H,29,36)(H,30,35)(H,31,33,34). The quantitative estimate of drug-likeness (QED) is 0.195. The Balaban J connectivity index is 1.40. The Morgan fingerprint density at radius 2 is 1.58 bits per heavy atom. The molecule has 0 aliphatic carbocycles. The number of rotatable bonds is 9. The summed E-state index contributed by atoms with van der Waals surface area (Å²) in [5.74, 6) is -0.808. The van der Waals surface area contributed by atoms with Crippen LogP contribution in [0.2, 0.25) is 0 Å². The summed E-state index contributed by atoms with van der Waals surface area (Å²) in [5, 5.41) is 17.3. The van der Waals surface area contributed by atoms with Crippen molar-refractivity contribution in [1.82, 2.24) is 15.5 Å². The summed E-state index contributed by atoms with van der Waals surface area (Å²) in [6.07, 6.45) is 1.64. The fourth-order valence-electron chi connectivity index (χ4n) is 3.26. The van der Waals surface area contributed by atoms with Gasteiger partial charge < -0.3 is 10.6 Å². The fourth-order valence-corrected chi connectivity index (χ4v) is 4.56. The lowest BCUT2D eigenvalue weighted by Gasteiger charge is -2.12. The van der Waals surface area contributed by atoms with Crippen molar-refractivity contribution < 1.29 is 14.4 Å². The molecule has 0 atom stereocenters. The van der Waals surface area contributed by atoms with Crippen LogP contribution in [0.25, 0.3) is 6.08 Å². The number of carbonyl (C=O) groups is 3. The Kier molecular flexibility index (Phi) is 9.02. The van der Waals surface area contributed by atoms with E-state index in [0.717, 1.165) is 21.0 Å². The minimum Gasteiger partial charge on any atom is -0.321 e. The molecule has 0 radical (unpaired) electrons. The monoisotopic (exact) mass is 543 g/mol. The van der Waals surface area contributed by atoms with Gasteiger partial charge in [0.25, 0.3) is 11.8 Å². The largest absolute Gasteiger partial charge is 0.321 e. The molecule has 0 spiro atoms. The highest BCUT2D eigenvalue weighted by Crippen LogP contribution is 2.22. The number of carbonyl (C=O) groups excluding carboxylic acids is 3. The first-order valence-electron chi connectivity index (χ1n) is 11.6. The second-order valence-corrected chi connectivity index (χ2v) is 10.5. The van der Waals surface area contributed by atoms with Crippen LogP contribution < -0.4 is 16.0 Å². The first kappa shape index (κ1) is 26.8. The average Bonchev–Trinajstić information content (AvgIpc) is 3.33. The van der Waals surface area contributed by atoms with E-state index in [2.05, 4.69) is 26.1 Å². The van der Waals surface area contributed by atoms with Crippen molar-refractivity contribution in [2.45, 2.75) is 18.7 Å². The van der Waals surface area contributed by atoms with Gasteiger partial charge in [0.15, 0.2) is 0 Å². The second-order valence-electron chi connectivity index (χ2n) is 8.23. The van der Waals surface area contributed by atoms with Crippen LogP contribution in [0.1, 0.15) is 26.5 Å². The molecule has 4 aromatic rings. The second kappa shape index (κ2) is 12.8. The molecule has 3 amide bonds. The highest BCUT2D eigenvalue weighted by Gasteiger charge is 2.15. The Bertz CT molecular complexity index is 1450. The molecular formula is C28H25N5O3S2. The predicted molar refractivity (Wildman–Crippen MR) is 152 cm³/mol. The first-order valence-corrected chi connectivity index (χ1v) is 13.4. The predicted octanol–water partition coefficient (Wildman–Crippen LogP) is 5.30. The summed E-state index contributed by atoms with van der Waals surface area (Å²) in [6, 6.07) is 23.5. The lowest BCUT2D eigenvalue weighted by atomic mass is 10.1. The number of hydrogen-bond donors (Lipinski definition) is 3. The Morgan fingerprint density at radius 3 is 2.24 bits per heavy atom. The number of thioether (sulfide) groups is 1. The molecule has 0 saturated heterocycles. The fraction of sp³-hybridized carbons (Fsp3) is 0.107. The molecule has 0 aliphatic heterocycles. The number of nitrogens with zero attached hydrogens (tertiary/aromatic N) is 2. The number of aryl methyl sites for hydroxylation is 2. The zero-order valence-corrected chi connectivity index (χ0v) is 22.4. The van der Waals surface area contributed by atoms with Crippen LogP contribution in [0.15, 0.2) is 89.5 Å². The maximum Gasteiger partial charge on any atom is 0.272 e. The van der Waals surface area contributed by atoms with Gasteiger partial charge in [-0.2, -0.15) is 0 Å². The van der Waals surface area contributed by atoms with Crippen molar-refractivity contribution in [3.8, 4) is 0 Å². The van der Waals surface area contributed by atoms with Crippen molar-refractivity contribution >= 4 is 57.7 Å². The molecule has 1 heterocycles. The SMILES string of the molecule is Cc1ccc(C=C(NC(=O)c2ccccc2)C(=O)Nc2ccc(SCC(=O)Nc3nnc(C)s3)cc2)cc1. The molecule has 1 aromatic heterocycles. The van der Waals surface area contributed by atoms with Gasteiger partial charge in [-0.05, 0) is 61.9 Å². The highest BCUT2D eigenvalue weighted by atomic mass is 32.2. The van der Waals surface area contributed by atoms with Crippen LogP contribution >= 0.6 is 23.1 Å². The van der Waals surface area contributed by atoms with Gasteiger partial charge in [0, 0.05) is 16.1 Å². The molecule has 192 valence electrons. The minimum absolute atomic E-state index is 0.116. The molecule has 8 nitrogen and oxygen atoms in total. The third-order valence-corrected chi connectivity index (χ3v) is 6.94. The number of hydrogen-bond acceptors (Lipinski definition) is 7. The molecule has 3 N–H and O–H groups in total. The number of aromatic nitrogens is 2. The van der Waals surface area contributed by atoms with Crippen LogP contribution in [-0.4, -0.2) is 33.7 Å². The van der Waals surface area contributed by atoms with Crippen molar-refractivity contribution in [3.05, 3.63) is 106 Å². The smallest absolute Gasteiger partial charge is 0.272 e. The molecule has 0 unspecified atom stereocenters. The Hall–Kier alpha value is -4.28. The average molecular weight is 544 g/mol. The number of benzene rings is 3. The zero-order valence-electron chi connectivity index (χ0n) is 20.7. The van der Waals surface area contributed by atoms with E-state index in [1.807, 2.05) is 56.3 Å². The van der Waals surface area contributed by atoms with E-state index in [9.17, 15) is 14.4 Å². The van der Waals surface area contributed by atoms with Gasteiger partial charge in [-0.15, -0.1) is 22.0 Å². The normalized spacial score (nSPS) is 11.1. The summed E-state index contributed by atoms with van der Waals surface area (Å²) in [4.78, 5) is 38.9. The van der Waals surface area contributed by atoms with Gasteiger partial charge in [0.2, 0.25) is 11.0 Å². The van der Waals surface area contributed by atoms with Gasteiger partial charge in [-0.1, -0.05) is 59.4 Å². The van der Waals surface area contributed by atoms with Crippen LogP contribution in [0.4, 0.5) is 10.8 Å². The minimum atomic E-state index is -0.456. The summed E-state index contributed by atoms with van der Waals surface area (Å²) in [5.41, 5.74) is 2.98. The third-order valence-electron chi connectivity index (χ3n) is 5.17. The lowest BCUT2D eigenvalue weighted by Crippen LogP contribution is -2.30. The van der Waals surface area contributed by atoms with E-state index in [1.165, 1.54) is 23.1 Å². The van der Waals surface area contributed by atoms with Gasteiger partial charge in [-0.3, -0.25) is 19.7 Å². The number of anilines is 2. The molecule has 0 saturated carbocycles. The number of amides is 3. The summed E-state index contributed by atoms with van der Waals surface area (Å²) in [6.45, 7) is 3.80. The Morgan fingerprint density at radius 1 is 0.868 bits per heavy atom. The zero-order chi connectivity index (χ0) is 26.9. The maximum absolute atomic E-state index is 13.2. The Labute approximate surface area is 228 Å². The van der Waals surface area contributed by atoms with Crippen molar-refractivity contribution in [3.63, 3.8) is 0 Å². The van der Waals surface area contributed by atoms with Crippen LogP contribution in [0.5, 0.6) is 0 Å².